The van der Waals surface area contributed by atoms with Gasteiger partial charge in [-0.15, -0.1) is 5.10 Å². The van der Waals surface area contributed by atoms with Gasteiger partial charge in [-0.25, -0.2) is 0 Å². The number of carbonyl (C=O) groups excluding carboxylic acids is 1. The summed E-state index contributed by atoms with van der Waals surface area (Å²) in [6.45, 7) is 3.31. The third-order valence-corrected chi connectivity index (χ3v) is 3.66. The van der Waals surface area contributed by atoms with E-state index in [4.69, 9.17) is 5.73 Å². The van der Waals surface area contributed by atoms with Crippen LogP contribution < -0.4 is 5.73 Å². The second kappa shape index (κ2) is 5.05. The number of rotatable bonds is 2. The van der Waals surface area contributed by atoms with E-state index in [0.717, 1.165) is 5.69 Å². The predicted octanol–water partition coefficient (Wildman–Crippen LogP) is 0.686. The van der Waals surface area contributed by atoms with E-state index in [0.29, 0.717) is 24.7 Å². The molecule has 0 aliphatic carbocycles. The SMILES string of the molecule is CC1CN(C(=O)c2cnn(-c3ccccc3)n2)CC1N. The number of amides is 1. The van der Waals surface area contributed by atoms with Crippen LogP contribution in [0.4, 0.5) is 0 Å². The van der Waals surface area contributed by atoms with Crippen LogP contribution in [0.1, 0.15) is 17.4 Å². The molecule has 6 nitrogen and oxygen atoms in total. The molecule has 0 bridgehead atoms. The van der Waals surface area contributed by atoms with Gasteiger partial charge in [0.25, 0.3) is 5.91 Å². The molecule has 1 amide bonds. The highest BCUT2D eigenvalue weighted by molar-refractivity contribution is 5.92. The zero-order chi connectivity index (χ0) is 14.1. The number of carbonyl (C=O) groups is 1. The van der Waals surface area contributed by atoms with Gasteiger partial charge in [-0.1, -0.05) is 25.1 Å². The average molecular weight is 271 g/mol. The lowest BCUT2D eigenvalue weighted by molar-refractivity contribution is 0.0780. The highest BCUT2D eigenvalue weighted by Gasteiger charge is 2.31. The largest absolute Gasteiger partial charge is 0.335 e. The summed E-state index contributed by atoms with van der Waals surface area (Å²) in [6, 6.07) is 9.56. The van der Waals surface area contributed by atoms with Crippen LogP contribution in [0, 0.1) is 5.92 Å². The monoisotopic (exact) mass is 271 g/mol. The molecule has 2 aromatic rings. The van der Waals surface area contributed by atoms with Gasteiger partial charge in [-0.3, -0.25) is 4.79 Å². The Kier molecular flexibility index (Phi) is 3.23. The third kappa shape index (κ3) is 2.30. The molecule has 0 radical (unpaired) electrons. The molecule has 20 heavy (non-hydrogen) atoms. The maximum Gasteiger partial charge on any atom is 0.276 e. The van der Waals surface area contributed by atoms with Gasteiger partial charge in [0.1, 0.15) is 0 Å². The van der Waals surface area contributed by atoms with Gasteiger partial charge < -0.3 is 10.6 Å². The first-order valence-electron chi connectivity index (χ1n) is 6.68. The molecular weight excluding hydrogens is 254 g/mol. The number of aromatic nitrogens is 3. The van der Waals surface area contributed by atoms with Crippen molar-refractivity contribution in [3.05, 3.63) is 42.2 Å². The Balaban J connectivity index is 1.79. The molecule has 0 spiro atoms. The molecule has 2 heterocycles. The maximum absolute atomic E-state index is 12.3. The van der Waals surface area contributed by atoms with Crippen molar-refractivity contribution < 1.29 is 4.79 Å². The van der Waals surface area contributed by atoms with Gasteiger partial charge in [-0.05, 0) is 18.1 Å². The fraction of sp³-hybridized carbons (Fsp3) is 0.357. The van der Waals surface area contributed by atoms with Crippen molar-refractivity contribution in [1.82, 2.24) is 19.9 Å². The highest BCUT2D eigenvalue weighted by Crippen LogP contribution is 2.16. The Labute approximate surface area is 117 Å². The Bertz CT molecular complexity index is 599. The van der Waals surface area contributed by atoms with E-state index >= 15 is 0 Å². The number of hydrogen-bond acceptors (Lipinski definition) is 4. The second-order valence-electron chi connectivity index (χ2n) is 5.21. The standard InChI is InChI=1S/C14H17N5O/c1-10-8-18(9-12(10)15)14(20)13-7-16-19(17-13)11-5-3-2-4-6-11/h2-7,10,12H,8-9,15H2,1H3. The van der Waals surface area contributed by atoms with E-state index in [1.165, 1.54) is 11.0 Å². The van der Waals surface area contributed by atoms with Gasteiger partial charge >= 0.3 is 0 Å². The molecular formula is C14H17N5O. The molecule has 2 N–H and O–H groups in total. The molecule has 1 aromatic heterocycles. The van der Waals surface area contributed by atoms with Crippen molar-refractivity contribution in [2.75, 3.05) is 13.1 Å². The molecule has 0 saturated carbocycles. The Morgan fingerprint density at radius 3 is 2.70 bits per heavy atom. The number of para-hydroxylation sites is 1. The minimum Gasteiger partial charge on any atom is -0.335 e. The predicted molar refractivity (Wildman–Crippen MR) is 74.4 cm³/mol. The first kappa shape index (κ1) is 12.8. The summed E-state index contributed by atoms with van der Waals surface area (Å²) in [5.41, 5.74) is 7.13. The summed E-state index contributed by atoms with van der Waals surface area (Å²) in [7, 11) is 0. The van der Waals surface area contributed by atoms with Crippen LogP contribution in [0.25, 0.3) is 5.69 Å². The molecule has 2 atom stereocenters. The summed E-state index contributed by atoms with van der Waals surface area (Å²) in [6.07, 6.45) is 1.50. The zero-order valence-electron chi connectivity index (χ0n) is 11.3. The molecule has 1 aliphatic heterocycles. The van der Waals surface area contributed by atoms with Crippen molar-refractivity contribution in [2.45, 2.75) is 13.0 Å². The van der Waals surface area contributed by atoms with Gasteiger partial charge in [-0.2, -0.15) is 9.90 Å². The Morgan fingerprint density at radius 1 is 1.30 bits per heavy atom. The topological polar surface area (TPSA) is 77.0 Å². The summed E-state index contributed by atoms with van der Waals surface area (Å²) >= 11 is 0. The molecule has 104 valence electrons. The van der Waals surface area contributed by atoms with Crippen molar-refractivity contribution in [3.8, 4) is 5.69 Å². The summed E-state index contributed by atoms with van der Waals surface area (Å²) < 4.78 is 0. The summed E-state index contributed by atoms with van der Waals surface area (Å²) in [5.74, 6) is 0.218. The molecule has 1 saturated heterocycles. The van der Waals surface area contributed by atoms with Crippen LogP contribution in [0.5, 0.6) is 0 Å². The maximum atomic E-state index is 12.3. The fourth-order valence-corrected chi connectivity index (χ4v) is 2.37. The van der Waals surface area contributed by atoms with E-state index in [1.54, 1.807) is 4.90 Å². The van der Waals surface area contributed by atoms with Crippen molar-refractivity contribution in [2.24, 2.45) is 11.7 Å². The number of benzene rings is 1. The first-order valence-corrected chi connectivity index (χ1v) is 6.68. The number of nitrogens with zero attached hydrogens (tertiary/aromatic N) is 4. The van der Waals surface area contributed by atoms with Crippen LogP contribution in [0.15, 0.2) is 36.5 Å². The van der Waals surface area contributed by atoms with E-state index in [-0.39, 0.29) is 11.9 Å². The average Bonchev–Trinajstić information content (AvgIpc) is 3.07. The van der Waals surface area contributed by atoms with E-state index in [2.05, 4.69) is 17.1 Å². The van der Waals surface area contributed by atoms with Crippen LogP contribution in [-0.4, -0.2) is 44.9 Å². The van der Waals surface area contributed by atoms with Gasteiger partial charge in [0, 0.05) is 19.1 Å². The minimum absolute atomic E-state index is 0.0446. The summed E-state index contributed by atoms with van der Waals surface area (Å²) in [4.78, 5) is 15.5. The quantitative estimate of drug-likeness (QED) is 0.871. The van der Waals surface area contributed by atoms with Crippen LogP contribution in [0.2, 0.25) is 0 Å². The highest BCUT2D eigenvalue weighted by atomic mass is 16.2. The number of likely N-dealkylation sites (tertiary alicyclic amines) is 1. The smallest absolute Gasteiger partial charge is 0.276 e. The van der Waals surface area contributed by atoms with Crippen molar-refractivity contribution in [3.63, 3.8) is 0 Å². The molecule has 1 aromatic carbocycles. The fourth-order valence-electron chi connectivity index (χ4n) is 2.37. The van der Waals surface area contributed by atoms with E-state index in [9.17, 15) is 4.79 Å². The van der Waals surface area contributed by atoms with Gasteiger partial charge in [0.2, 0.25) is 0 Å². The lowest BCUT2D eigenvalue weighted by atomic mass is 10.1. The van der Waals surface area contributed by atoms with Crippen molar-refractivity contribution >= 4 is 5.91 Å². The molecule has 2 unspecified atom stereocenters. The van der Waals surface area contributed by atoms with E-state index < -0.39 is 0 Å². The lowest BCUT2D eigenvalue weighted by Crippen LogP contribution is -2.32. The molecule has 1 aliphatic rings. The number of hydrogen-bond donors (Lipinski definition) is 1. The third-order valence-electron chi connectivity index (χ3n) is 3.66. The van der Waals surface area contributed by atoms with Crippen LogP contribution in [-0.2, 0) is 0 Å². The van der Waals surface area contributed by atoms with Gasteiger partial charge in [0.05, 0.1) is 11.9 Å². The van der Waals surface area contributed by atoms with Gasteiger partial charge in [0.15, 0.2) is 5.69 Å². The Morgan fingerprint density at radius 2 is 2.05 bits per heavy atom. The van der Waals surface area contributed by atoms with E-state index in [1.807, 2.05) is 30.3 Å². The minimum atomic E-state index is -0.105. The van der Waals surface area contributed by atoms with Crippen LogP contribution in [0.3, 0.4) is 0 Å². The second-order valence-corrected chi connectivity index (χ2v) is 5.21. The summed E-state index contributed by atoms with van der Waals surface area (Å²) in [5, 5.41) is 8.39. The lowest BCUT2D eigenvalue weighted by Gasteiger charge is -2.13. The molecule has 6 heteroatoms. The van der Waals surface area contributed by atoms with Crippen molar-refractivity contribution in [1.29, 1.82) is 0 Å². The zero-order valence-corrected chi connectivity index (χ0v) is 11.3. The first-order chi connectivity index (χ1) is 9.65. The van der Waals surface area contributed by atoms with Crippen LogP contribution >= 0.6 is 0 Å². The number of nitrogens with two attached hydrogens (primary N) is 1. The Hall–Kier alpha value is -2.21. The molecule has 3 rings (SSSR count). The molecule has 1 fully saturated rings. The normalized spacial score (nSPS) is 22.2.